The summed E-state index contributed by atoms with van der Waals surface area (Å²) in [5.41, 5.74) is -0.389. The molecule has 1 aliphatic rings. The van der Waals surface area contributed by atoms with Crippen LogP contribution in [0, 0.1) is 0 Å². The van der Waals surface area contributed by atoms with Gasteiger partial charge in [0.1, 0.15) is 22.6 Å². The number of alkyl halides is 4. The Bertz CT molecular complexity index is 1280. The summed E-state index contributed by atoms with van der Waals surface area (Å²) in [6, 6.07) is 8.79. The van der Waals surface area contributed by atoms with E-state index in [0.29, 0.717) is 15.9 Å². The first-order chi connectivity index (χ1) is 17.9. The van der Waals surface area contributed by atoms with Crippen LogP contribution in [0.5, 0.6) is 5.75 Å². The molecule has 4 rings (SSSR count). The van der Waals surface area contributed by atoms with Crippen LogP contribution in [0.3, 0.4) is 0 Å². The van der Waals surface area contributed by atoms with Crippen molar-refractivity contribution >= 4 is 34.0 Å². The van der Waals surface area contributed by atoms with Crippen molar-refractivity contribution in [3.63, 3.8) is 0 Å². The van der Waals surface area contributed by atoms with Crippen LogP contribution < -0.4 is 9.46 Å². The van der Waals surface area contributed by atoms with Crippen molar-refractivity contribution in [3.05, 3.63) is 54.4 Å². The van der Waals surface area contributed by atoms with Gasteiger partial charge in [-0.3, -0.25) is 9.78 Å². The van der Waals surface area contributed by atoms with E-state index in [1.54, 1.807) is 18.2 Å². The lowest BCUT2D eigenvalue weighted by molar-refractivity contribution is -0.0577. The normalized spacial score (nSPS) is 16.5. The minimum atomic E-state index is -3.22. The number of amides is 1. The van der Waals surface area contributed by atoms with E-state index in [4.69, 9.17) is 0 Å². The summed E-state index contributed by atoms with van der Waals surface area (Å²) in [4.78, 5) is 23.2. The monoisotopic (exact) mass is 554 g/mol. The lowest BCUT2D eigenvalue weighted by Gasteiger charge is -2.38. The van der Waals surface area contributed by atoms with Crippen molar-refractivity contribution in [2.24, 2.45) is 0 Å². The molecule has 0 radical (unpaired) electrons. The number of nitrogens with zero attached hydrogens (tertiary/aromatic N) is 3. The fourth-order valence-electron chi connectivity index (χ4n) is 4.23. The second kappa shape index (κ2) is 11.3. The molecule has 0 bridgehead atoms. The van der Waals surface area contributed by atoms with Crippen LogP contribution in [0.25, 0.3) is 11.0 Å². The standard InChI is InChI=1S/C25H26F4N4O4S/c1-24(28,29)7-8-25(35)9-13-33(14-10-25)22(34)17-6-5-16(15-19(17)37-23(26)27)32-38(36)20-4-2-3-18-21(20)31-12-11-30-18/h2-6,11-12,15,23,32,35H,7-10,13-14H2,1H3. The van der Waals surface area contributed by atoms with Gasteiger partial charge in [0, 0.05) is 38.0 Å². The highest BCUT2D eigenvalue weighted by Gasteiger charge is 2.37. The lowest BCUT2D eigenvalue weighted by atomic mass is 9.86. The predicted octanol–water partition coefficient (Wildman–Crippen LogP) is 4.77. The van der Waals surface area contributed by atoms with E-state index in [2.05, 4.69) is 19.4 Å². The van der Waals surface area contributed by atoms with E-state index in [1.807, 2.05) is 0 Å². The van der Waals surface area contributed by atoms with Gasteiger partial charge in [-0.05, 0) is 50.5 Å². The number of aromatic nitrogens is 2. The second-order valence-electron chi connectivity index (χ2n) is 9.23. The molecule has 1 unspecified atom stereocenters. The van der Waals surface area contributed by atoms with Crippen LogP contribution in [0.15, 0.2) is 53.7 Å². The molecule has 3 aromatic rings. The summed E-state index contributed by atoms with van der Waals surface area (Å²) < 4.78 is 73.1. The van der Waals surface area contributed by atoms with Gasteiger partial charge in [0.15, 0.2) is 0 Å². The number of nitrogens with one attached hydrogen (secondary N) is 1. The summed E-state index contributed by atoms with van der Waals surface area (Å²) in [7, 11) is 0. The average Bonchev–Trinajstić information content (AvgIpc) is 2.87. The number of fused-ring (bicyclic) bond motifs is 1. The lowest BCUT2D eigenvalue weighted by Crippen LogP contribution is -2.47. The van der Waals surface area contributed by atoms with E-state index in [9.17, 15) is 32.0 Å². The zero-order valence-electron chi connectivity index (χ0n) is 20.4. The molecule has 1 atom stereocenters. The molecule has 13 heteroatoms. The molecule has 2 heterocycles. The summed E-state index contributed by atoms with van der Waals surface area (Å²) in [6.07, 6.45) is 2.51. The number of para-hydroxylation sites is 1. The molecule has 0 spiro atoms. The zero-order chi connectivity index (χ0) is 27.5. The summed E-state index contributed by atoms with van der Waals surface area (Å²) in [5, 5.41) is 10.6. The number of benzene rings is 2. The summed E-state index contributed by atoms with van der Waals surface area (Å²) in [6.45, 7) is -2.32. The molecule has 1 amide bonds. The van der Waals surface area contributed by atoms with Gasteiger partial charge in [-0.15, -0.1) is 0 Å². The Morgan fingerprint density at radius 2 is 1.95 bits per heavy atom. The molecule has 2 aromatic carbocycles. The first kappa shape index (κ1) is 27.9. The average molecular weight is 555 g/mol. The molecule has 1 saturated heterocycles. The Morgan fingerprint density at radius 1 is 1.24 bits per heavy atom. The molecule has 204 valence electrons. The summed E-state index contributed by atoms with van der Waals surface area (Å²) in [5.74, 6) is -3.94. The fraction of sp³-hybridized carbons (Fsp3) is 0.400. The van der Waals surface area contributed by atoms with E-state index >= 15 is 0 Å². The Morgan fingerprint density at radius 3 is 2.63 bits per heavy atom. The molecular weight excluding hydrogens is 528 g/mol. The molecule has 8 nitrogen and oxygen atoms in total. The van der Waals surface area contributed by atoms with Gasteiger partial charge in [0.25, 0.3) is 5.91 Å². The van der Waals surface area contributed by atoms with Gasteiger partial charge >= 0.3 is 6.61 Å². The molecule has 1 aliphatic heterocycles. The smallest absolute Gasteiger partial charge is 0.387 e. The van der Waals surface area contributed by atoms with Gasteiger partial charge in [0.2, 0.25) is 10.8 Å². The van der Waals surface area contributed by atoms with E-state index < -0.39 is 47.6 Å². The van der Waals surface area contributed by atoms with Crippen molar-refractivity contribution in [1.82, 2.24) is 14.9 Å². The topological polar surface area (TPSA) is 111 Å². The molecule has 2 N–H and O–H groups in total. The molecule has 1 aromatic heterocycles. The largest absolute Gasteiger partial charge is 0.588 e. The first-order valence-corrected chi connectivity index (χ1v) is 13.0. The Hall–Kier alpha value is -3.16. The third kappa shape index (κ3) is 6.83. The molecule has 1 fully saturated rings. The van der Waals surface area contributed by atoms with Crippen LogP contribution in [0.1, 0.15) is 43.0 Å². The number of piperidine rings is 1. The first-order valence-electron chi connectivity index (χ1n) is 11.8. The molecular formula is C25H26F4N4O4S. The third-order valence-electron chi connectivity index (χ3n) is 6.31. The van der Waals surface area contributed by atoms with Crippen molar-refractivity contribution in [1.29, 1.82) is 0 Å². The highest BCUT2D eigenvalue weighted by Crippen LogP contribution is 2.34. The highest BCUT2D eigenvalue weighted by molar-refractivity contribution is 7.93. The zero-order valence-corrected chi connectivity index (χ0v) is 21.2. The molecule has 0 aliphatic carbocycles. The van der Waals surface area contributed by atoms with Gasteiger partial charge in [-0.25, -0.2) is 18.5 Å². The maximum Gasteiger partial charge on any atom is 0.387 e. The fourth-order valence-corrected chi connectivity index (χ4v) is 5.22. The van der Waals surface area contributed by atoms with Crippen LogP contribution in [0.4, 0.5) is 23.2 Å². The predicted molar refractivity (Wildman–Crippen MR) is 133 cm³/mol. The number of anilines is 1. The quantitative estimate of drug-likeness (QED) is 0.290. The van der Waals surface area contributed by atoms with Crippen molar-refractivity contribution < 1.29 is 36.8 Å². The van der Waals surface area contributed by atoms with Crippen molar-refractivity contribution in [2.45, 2.75) is 55.6 Å². The Balaban J connectivity index is 1.49. The second-order valence-corrected chi connectivity index (χ2v) is 10.4. The maximum absolute atomic E-state index is 13.2. The van der Waals surface area contributed by atoms with Crippen LogP contribution in [0.2, 0.25) is 0 Å². The Kier molecular flexibility index (Phi) is 8.28. The van der Waals surface area contributed by atoms with Crippen molar-refractivity contribution in [2.75, 3.05) is 17.8 Å². The minimum absolute atomic E-state index is 0.0604. The van der Waals surface area contributed by atoms with Gasteiger partial charge in [0.05, 0.1) is 22.4 Å². The number of ether oxygens (including phenoxy) is 1. The van der Waals surface area contributed by atoms with Crippen molar-refractivity contribution in [3.8, 4) is 5.75 Å². The number of likely N-dealkylation sites (tertiary alicyclic amines) is 1. The maximum atomic E-state index is 13.2. The number of carbonyl (C=O) groups excluding carboxylic acids is 1. The SMILES string of the molecule is CC(F)(F)CCC1(O)CCN(C(=O)c2ccc(N[S+]([O-])c3cccc4nccnc34)cc2OC(F)F)CC1. The number of aliphatic hydroxyl groups is 1. The van der Waals surface area contributed by atoms with E-state index in [-0.39, 0.29) is 43.6 Å². The number of rotatable bonds is 9. The number of halogens is 4. The number of carbonyl (C=O) groups is 1. The third-order valence-corrected chi connectivity index (χ3v) is 7.46. The van der Waals surface area contributed by atoms with E-state index in [0.717, 1.165) is 13.0 Å². The molecule has 38 heavy (non-hydrogen) atoms. The minimum Gasteiger partial charge on any atom is -0.588 e. The van der Waals surface area contributed by atoms with Gasteiger partial charge in [-0.1, -0.05) is 6.07 Å². The molecule has 0 saturated carbocycles. The van der Waals surface area contributed by atoms with Gasteiger partial charge < -0.3 is 19.3 Å². The van der Waals surface area contributed by atoms with Crippen LogP contribution >= 0.6 is 0 Å². The number of hydrogen-bond acceptors (Lipinski definition) is 7. The number of hydrogen-bond donors (Lipinski definition) is 2. The van der Waals surface area contributed by atoms with Crippen LogP contribution in [-0.2, 0) is 11.4 Å². The summed E-state index contributed by atoms with van der Waals surface area (Å²) >= 11 is -1.84. The Labute approximate surface area is 219 Å². The van der Waals surface area contributed by atoms with Gasteiger partial charge in [-0.2, -0.15) is 8.78 Å². The highest BCUT2D eigenvalue weighted by atomic mass is 32.2. The van der Waals surface area contributed by atoms with Crippen LogP contribution in [-0.4, -0.2) is 61.7 Å². The van der Waals surface area contributed by atoms with E-state index in [1.165, 1.54) is 29.4 Å².